The first-order valence-corrected chi connectivity index (χ1v) is 8.26. The number of aromatic nitrogens is 4. The van der Waals surface area contributed by atoms with Gasteiger partial charge in [-0.25, -0.2) is 4.79 Å². The summed E-state index contributed by atoms with van der Waals surface area (Å²) in [6.45, 7) is 0.923. The summed E-state index contributed by atoms with van der Waals surface area (Å²) in [5.74, 6) is 1.71. The number of carbonyl (C=O) groups is 1. The van der Waals surface area contributed by atoms with Gasteiger partial charge in [-0.2, -0.15) is 9.97 Å². The number of carboxylic acid groups (broad SMARTS) is 1. The maximum Gasteiger partial charge on any atom is 0.335 e. The van der Waals surface area contributed by atoms with Crippen LogP contribution in [0.5, 0.6) is 0 Å². The van der Waals surface area contributed by atoms with Crippen molar-refractivity contribution in [3.8, 4) is 11.4 Å². The van der Waals surface area contributed by atoms with Crippen LogP contribution in [0.4, 0.5) is 0 Å². The molecule has 9 heteroatoms. The van der Waals surface area contributed by atoms with Gasteiger partial charge in [-0.05, 0) is 32.0 Å². The highest BCUT2D eigenvalue weighted by molar-refractivity contribution is 5.88. The highest BCUT2D eigenvalue weighted by Gasteiger charge is 2.28. The zero-order valence-corrected chi connectivity index (χ0v) is 14.1. The standard InChI is InChI=1S/C17H17N5O4/c1-22(8-13-18-15(20-25-13)10-2-3-10)9-14-19-16(21-26-14)11-4-6-12(7-5-11)17(23)24/h4-7,10H,2-3,8-9H2,1H3,(H,23,24). The summed E-state index contributed by atoms with van der Waals surface area (Å²) in [5.41, 5.74) is 0.904. The molecule has 0 spiro atoms. The van der Waals surface area contributed by atoms with Crippen molar-refractivity contribution in [2.75, 3.05) is 7.05 Å². The number of rotatable bonds is 7. The molecule has 2 aromatic heterocycles. The van der Waals surface area contributed by atoms with Crippen molar-refractivity contribution < 1.29 is 18.9 Å². The molecule has 1 saturated carbocycles. The Balaban J connectivity index is 1.38. The minimum Gasteiger partial charge on any atom is -0.478 e. The van der Waals surface area contributed by atoms with E-state index in [1.807, 2.05) is 11.9 Å². The topological polar surface area (TPSA) is 118 Å². The van der Waals surface area contributed by atoms with E-state index in [0.29, 0.717) is 42.2 Å². The summed E-state index contributed by atoms with van der Waals surface area (Å²) in [6, 6.07) is 6.32. The maximum atomic E-state index is 10.9. The van der Waals surface area contributed by atoms with Crippen LogP contribution in [0, 0.1) is 0 Å². The summed E-state index contributed by atoms with van der Waals surface area (Å²) in [6.07, 6.45) is 2.26. The lowest BCUT2D eigenvalue weighted by Crippen LogP contribution is -2.17. The molecule has 9 nitrogen and oxygen atoms in total. The first-order valence-electron chi connectivity index (χ1n) is 8.26. The lowest BCUT2D eigenvalue weighted by Gasteiger charge is -2.10. The van der Waals surface area contributed by atoms with Crippen molar-refractivity contribution in [1.82, 2.24) is 25.2 Å². The van der Waals surface area contributed by atoms with Crippen LogP contribution in [-0.2, 0) is 13.1 Å². The van der Waals surface area contributed by atoms with Crippen LogP contribution in [-0.4, -0.2) is 43.3 Å². The minimum absolute atomic E-state index is 0.210. The van der Waals surface area contributed by atoms with Crippen LogP contribution in [0.1, 0.15) is 46.7 Å². The fourth-order valence-corrected chi connectivity index (χ4v) is 2.56. The van der Waals surface area contributed by atoms with Crippen LogP contribution in [0.3, 0.4) is 0 Å². The first-order chi connectivity index (χ1) is 12.6. The van der Waals surface area contributed by atoms with Gasteiger partial charge in [-0.15, -0.1) is 0 Å². The molecule has 1 aromatic carbocycles. The first kappa shape index (κ1) is 16.4. The predicted octanol–water partition coefficient (Wildman–Crippen LogP) is 2.33. The van der Waals surface area contributed by atoms with E-state index in [0.717, 1.165) is 18.7 Å². The SMILES string of the molecule is CN(Cc1nc(-c2ccc(C(=O)O)cc2)no1)Cc1nc(C2CC2)no1. The smallest absolute Gasteiger partial charge is 0.335 e. The summed E-state index contributed by atoms with van der Waals surface area (Å²) in [7, 11) is 1.90. The van der Waals surface area contributed by atoms with E-state index >= 15 is 0 Å². The van der Waals surface area contributed by atoms with Gasteiger partial charge in [-0.1, -0.05) is 22.4 Å². The lowest BCUT2D eigenvalue weighted by molar-refractivity contribution is 0.0697. The van der Waals surface area contributed by atoms with E-state index < -0.39 is 5.97 Å². The highest BCUT2D eigenvalue weighted by Crippen LogP contribution is 2.38. The van der Waals surface area contributed by atoms with Gasteiger partial charge < -0.3 is 14.2 Å². The van der Waals surface area contributed by atoms with Gasteiger partial charge in [-0.3, -0.25) is 4.90 Å². The molecular formula is C17H17N5O4. The fourth-order valence-electron chi connectivity index (χ4n) is 2.56. The Morgan fingerprint density at radius 3 is 2.42 bits per heavy atom. The Morgan fingerprint density at radius 1 is 1.12 bits per heavy atom. The molecule has 4 rings (SSSR count). The third-order valence-corrected chi connectivity index (χ3v) is 4.09. The molecule has 1 aliphatic carbocycles. The van der Waals surface area contributed by atoms with Crippen LogP contribution in [0.15, 0.2) is 33.3 Å². The second kappa shape index (κ2) is 6.68. The number of hydrogen-bond acceptors (Lipinski definition) is 8. The number of carboxylic acids is 1. The quantitative estimate of drug-likeness (QED) is 0.681. The molecule has 1 N–H and O–H groups in total. The number of aromatic carboxylic acids is 1. The second-order valence-corrected chi connectivity index (χ2v) is 6.39. The molecule has 0 amide bonds. The number of hydrogen-bond donors (Lipinski definition) is 1. The van der Waals surface area contributed by atoms with E-state index in [-0.39, 0.29) is 5.56 Å². The Morgan fingerprint density at radius 2 is 1.77 bits per heavy atom. The Kier molecular flexibility index (Phi) is 4.21. The third-order valence-electron chi connectivity index (χ3n) is 4.09. The second-order valence-electron chi connectivity index (χ2n) is 6.39. The van der Waals surface area contributed by atoms with E-state index in [9.17, 15) is 4.79 Å². The molecule has 134 valence electrons. The molecule has 1 aliphatic rings. The predicted molar refractivity (Wildman–Crippen MR) is 88.1 cm³/mol. The molecule has 0 radical (unpaired) electrons. The van der Waals surface area contributed by atoms with Crippen LogP contribution >= 0.6 is 0 Å². The van der Waals surface area contributed by atoms with Crippen molar-refractivity contribution in [2.45, 2.75) is 31.8 Å². The van der Waals surface area contributed by atoms with Crippen LogP contribution < -0.4 is 0 Å². The van der Waals surface area contributed by atoms with Gasteiger partial charge in [0.25, 0.3) is 0 Å². The van der Waals surface area contributed by atoms with Crippen molar-refractivity contribution in [3.05, 3.63) is 47.4 Å². The average Bonchev–Trinajstić information content (AvgIpc) is 3.20. The van der Waals surface area contributed by atoms with Crippen molar-refractivity contribution in [2.24, 2.45) is 0 Å². The minimum atomic E-state index is -0.974. The number of nitrogens with zero attached hydrogens (tertiary/aromatic N) is 5. The molecule has 0 aliphatic heterocycles. The van der Waals surface area contributed by atoms with Gasteiger partial charge in [0, 0.05) is 11.5 Å². The van der Waals surface area contributed by atoms with Gasteiger partial charge in [0.2, 0.25) is 17.6 Å². The lowest BCUT2D eigenvalue weighted by atomic mass is 10.1. The monoisotopic (exact) mass is 355 g/mol. The maximum absolute atomic E-state index is 10.9. The van der Waals surface area contributed by atoms with E-state index in [4.69, 9.17) is 14.2 Å². The summed E-state index contributed by atoms with van der Waals surface area (Å²) in [5, 5.41) is 16.9. The van der Waals surface area contributed by atoms with E-state index in [2.05, 4.69) is 20.3 Å². The van der Waals surface area contributed by atoms with Gasteiger partial charge in [0.15, 0.2) is 5.82 Å². The van der Waals surface area contributed by atoms with Crippen LogP contribution in [0.2, 0.25) is 0 Å². The van der Waals surface area contributed by atoms with E-state index in [1.54, 1.807) is 12.1 Å². The van der Waals surface area contributed by atoms with Gasteiger partial charge in [0.1, 0.15) is 0 Å². The zero-order valence-electron chi connectivity index (χ0n) is 14.1. The third kappa shape index (κ3) is 3.62. The van der Waals surface area contributed by atoms with E-state index in [1.165, 1.54) is 12.1 Å². The van der Waals surface area contributed by atoms with Gasteiger partial charge >= 0.3 is 5.97 Å². The molecule has 3 aromatic rings. The molecule has 1 fully saturated rings. The molecule has 0 unspecified atom stereocenters. The molecule has 0 saturated heterocycles. The molecule has 0 bridgehead atoms. The average molecular weight is 355 g/mol. The fraction of sp³-hybridized carbons (Fsp3) is 0.353. The Bertz CT molecular complexity index is 913. The highest BCUT2D eigenvalue weighted by atomic mass is 16.5. The summed E-state index contributed by atoms with van der Waals surface area (Å²) >= 11 is 0. The van der Waals surface area contributed by atoms with Crippen molar-refractivity contribution in [1.29, 1.82) is 0 Å². The molecule has 0 atom stereocenters. The Hall–Kier alpha value is -3.07. The molecule has 26 heavy (non-hydrogen) atoms. The number of benzene rings is 1. The summed E-state index contributed by atoms with van der Waals surface area (Å²) in [4.78, 5) is 21.6. The Labute approximate surface area is 148 Å². The zero-order chi connectivity index (χ0) is 18.1. The van der Waals surface area contributed by atoms with Gasteiger partial charge in [0.05, 0.1) is 18.7 Å². The molecule has 2 heterocycles. The van der Waals surface area contributed by atoms with Crippen molar-refractivity contribution in [3.63, 3.8) is 0 Å². The largest absolute Gasteiger partial charge is 0.478 e. The summed E-state index contributed by atoms with van der Waals surface area (Å²) < 4.78 is 10.5. The van der Waals surface area contributed by atoms with Crippen molar-refractivity contribution >= 4 is 5.97 Å². The molecular weight excluding hydrogens is 338 g/mol. The normalized spacial score (nSPS) is 14.1. The van der Waals surface area contributed by atoms with Crippen LogP contribution in [0.25, 0.3) is 11.4 Å².